The minimum Gasteiger partial charge on any atom is -0.373 e. The molecule has 35 heavy (non-hydrogen) atoms. The average molecular weight is 482 g/mol. The molecule has 2 heterocycles. The first-order valence-electron chi connectivity index (χ1n) is 10.7. The fraction of sp³-hybridized carbons (Fsp3) is 0.154. The first kappa shape index (κ1) is 22.8. The van der Waals surface area contributed by atoms with Crippen molar-refractivity contribution in [2.75, 3.05) is 13.7 Å². The van der Waals surface area contributed by atoms with Gasteiger partial charge in [-0.25, -0.2) is 17.6 Å². The van der Waals surface area contributed by atoms with Crippen LogP contribution in [0.25, 0.3) is 21.9 Å². The maximum atomic E-state index is 14.1. The number of aromatic amines is 1. The summed E-state index contributed by atoms with van der Waals surface area (Å²) in [5.41, 5.74) is 1.43. The monoisotopic (exact) mass is 482 g/mol. The molecule has 1 aromatic heterocycles. The van der Waals surface area contributed by atoms with Gasteiger partial charge in [0.2, 0.25) is 0 Å². The molecule has 1 atom stereocenters. The van der Waals surface area contributed by atoms with E-state index in [4.69, 9.17) is 4.74 Å². The van der Waals surface area contributed by atoms with Crippen LogP contribution >= 0.6 is 0 Å². The Morgan fingerprint density at radius 1 is 0.914 bits per heavy atom. The lowest BCUT2D eigenvalue weighted by Crippen LogP contribution is -2.37. The standard InChI is InChI=1S/C26H18F4N2O3/c1-32(26(34)14-4-2-13(3-5-14)15-6-16(27)8-17(28)7-15)23-12-35-11-22-24(23)18-9-20(29)21(30)10-19(18)25(33)31-22/h2-10,23H,11-12H2,1H3,(H,31,33)/t23-/m0/s1. The maximum Gasteiger partial charge on any atom is 0.256 e. The Balaban J connectivity index is 1.50. The number of benzene rings is 3. The molecule has 178 valence electrons. The number of fused-ring (bicyclic) bond motifs is 3. The Morgan fingerprint density at radius 2 is 1.54 bits per heavy atom. The molecule has 0 saturated carbocycles. The number of carbonyl (C=O) groups is 1. The highest BCUT2D eigenvalue weighted by Crippen LogP contribution is 2.34. The number of nitrogens with one attached hydrogen (secondary N) is 1. The number of hydrogen-bond donors (Lipinski definition) is 1. The Hall–Kier alpha value is -3.98. The highest BCUT2D eigenvalue weighted by atomic mass is 19.2. The zero-order valence-corrected chi connectivity index (χ0v) is 18.4. The summed E-state index contributed by atoms with van der Waals surface area (Å²) in [7, 11) is 1.54. The molecule has 1 aliphatic heterocycles. The fourth-order valence-corrected chi connectivity index (χ4v) is 4.42. The van der Waals surface area contributed by atoms with E-state index in [9.17, 15) is 27.2 Å². The Bertz CT molecular complexity index is 1510. The minimum absolute atomic E-state index is 0.0259. The summed E-state index contributed by atoms with van der Waals surface area (Å²) in [6.45, 7) is 0.132. The van der Waals surface area contributed by atoms with E-state index in [0.717, 1.165) is 18.2 Å². The third-order valence-corrected chi connectivity index (χ3v) is 6.16. The van der Waals surface area contributed by atoms with Gasteiger partial charge < -0.3 is 14.6 Å². The highest BCUT2D eigenvalue weighted by molar-refractivity contribution is 5.95. The van der Waals surface area contributed by atoms with Crippen molar-refractivity contribution in [3.63, 3.8) is 0 Å². The summed E-state index contributed by atoms with van der Waals surface area (Å²) in [5.74, 6) is -4.07. The van der Waals surface area contributed by atoms with Gasteiger partial charge in [-0.2, -0.15) is 0 Å². The van der Waals surface area contributed by atoms with Gasteiger partial charge in [-0.1, -0.05) is 12.1 Å². The Morgan fingerprint density at radius 3 is 2.20 bits per heavy atom. The normalized spacial score (nSPS) is 15.2. The molecule has 1 aliphatic rings. The van der Waals surface area contributed by atoms with Gasteiger partial charge in [-0.15, -0.1) is 0 Å². The molecule has 0 aliphatic carbocycles. The van der Waals surface area contributed by atoms with E-state index >= 15 is 0 Å². The quantitative estimate of drug-likeness (QED) is 0.414. The molecule has 0 saturated heterocycles. The lowest BCUT2D eigenvalue weighted by atomic mass is 9.95. The van der Waals surface area contributed by atoms with Gasteiger partial charge >= 0.3 is 0 Å². The summed E-state index contributed by atoms with van der Waals surface area (Å²) < 4.78 is 60.6. The van der Waals surface area contributed by atoms with E-state index < -0.39 is 40.8 Å². The van der Waals surface area contributed by atoms with Crippen molar-refractivity contribution < 1.29 is 27.1 Å². The van der Waals surface area contributed by atoms with Gasteiger partial charge in [0.1, 0.15) is 11.6 Å². The highest BCUT2D eigenvalue weighted by Gasteiger charge is 2.31. The zero-order chi connectivity index (χ0) is 24.9. The van der Waals surface area contributed by atoms with Crippen molar-refractivity contribution in [2.24, 2.45) is 0 Å². The molecule has 5 nitrogen and oxygen atoms in total. The molecule has 1 amide bonds. The average Bonchev–Trinajstić information content (AvgIpc) is 2.83. The second kappa shape index (κ2) is 8.66. The molecule has 3 aromatic carbocycles. The summed E-state index contributed by atoms with van der Waals surface area (Å²) in [6.07, 6.45) is 0. The number of H-pyrrole nitrogens is 1. The number of carbonyl (C=O) groups excluding carboxylic acids is 1. The molecule has 1 N–H and O–H groups in total. The van der Waals surface area contributed by atoms with Gasteiger partial charge in [0.25, 0.3) is 11.5 Å². The molecular weight excluding hydrogens is 464 g/mol. The number of hydrogen-bond acceptors (Lipinski definition) is 3. The van der Waals surface area contributed by atoms with Crippen LogP contribution in [0.5, 0.6) is 0 Å². The maximum absolute atomic E-state index is 14.1. The molecule has 9 heteroatoms. The molecular formula is C26H18F4N2O3. The van der Waals surface area contributed by atoms with Crippen LogP contribution in [0.2, 0.25) is 0 Å². The van der Waals surface area contributed by atoms with Crippen LogP contribution in [0.3, 0.4) is 0 Å². The molecule has 0 radical (unpaired) electrons. The smallest absolute Gasteiger partial charge is 0.256 e. The van der Waals surface area contributed by atoms with E-state index in [2.05, 4.69) is 4.98 Å². The van der Waals surface area contributed by atoms with E-state index in [1.165, 1.54) is 36.2 Å². The largest absolute Gasteiger partial charge is 0.373 e. The molecule has 0 spiro atoms. The number of nitrogens with zero attached hydrogens (tertiary/aromatic N) is 1. The molecule has 0 unspecified atom stereocenters. The van der Waals surface area contributed by atoms with Crippen molar-refractivity contribution in [3.05, 3.63) is 105 Å². The zero-order valence-electron chi connectivity index (χ0n) is 18.4. The van der Waals surface area contributed by atoms with Crippen molar-refractivity contribution in [1.82, 2.24) is 9.88 Å². The lowest BCUT2D eigenvalue weighted by Gasteiger charge is -2.34. The summed E-state index contributed by atoms with van der Waals surface area (Å²) >= 11 is 0. The molecule has 0 fully saturated rings. The number of halogens is 4. The Kier molecular flexibility index (Phi) is 5.64. The summed E-state index contributed by atoms with van der Waals surface area (Å²) in [6, 6.07) is 10.5. The topological polar surface area (TPSA) is 62.4 Å². The van der Waals surface area contributed by atoms with Crippen molar-refractivity contribution in [3.8, 4) is 11.1 Å². The van der Waals surface area contributed by atoms with Crippen LogP contribution in [0, 0.1) is 23.3 Å². The second-order valence-electron chi connectivity index (χ2n) is 8.34. The van der Waals surface area contributed by atoms with Gasteiger partial charge in [0.15, 0.2) is 11.6 Å². The number of pyridine rings is 1. The Labute approximate surface area is 196 Å². The van der Waals surface area contributed by atoms with Crippen molar-refractivity contribution in [1.29, 1.82) is 0 Å². The van der Waals surface area contributed by atoms with Crippen LogP contribution in [-0.2, 0) is 11.3 Å². The molecule has 0 bridgehead atoms. The van der Waals surface area contributed by atoms with Gasteiger partial charge in [0.05, 0.1) is 24.6 Å². The number of ether oxygens (including phenoxy) is 1. The van der Waals surface area contributed by atoms with Crippen LogP contribution in [0.1, 0.15) is 27.7 Å². The molecule has 5 rings (SSSR count). The first-order chi connectivity index (χ1) is 16.7. The third-order valence-electron chi connectivity index (χ3n) is 6.16. The van der Waals surface area contributed by atoms with E-state index in [0.29, 0.717) is 27.9 Å². The van der Waals surface area contributed by atoms with E-state index in [1.807, 2.05) is 0 Å². The summed E-state index contributed by atoms with van der Waals surface area (Å²) in [4.78, 5) is 29.7. The number of amides is 1. The molecule has 4 aromatic rings. The summed E-state index contributed by atoms with van der Waals surface area (Å²) in [5, 5.41) is 0.182. The first-order valence-corrected chi connectivity index (χ1v) is 10.7. The fourth-order valence-electron chi connectivity index (χ4n) is 4.42. The van der Waals surface area contributed by atoms with Gasteiger partial charge in [0, 0.05) is 29.9 Å². The van der Waals surface area contributed by atoms with E-state index in [1.54, 1.807) is 12.1 Å². The number of likely N-dealkylation sites (N-methyl/N-ethyl adjacent to an activating group) is 1. The van der Waals surface area contributed by atoms with Crippen LogP contribution in [0.15, 0.2) is 59.4 Å². The second-order valence-corrected chi connectivity index (χ2v) is 8.34. The predicted molar refractivity (Wildman–Crippen MR) is 121 cm³/mol. The van der Waals surface area contributed by atoms with Gasteiger partial charge in [-0.05, 0) is 52.9 Å². The van der Waals surface area contributed by atoms with Gasteiger partial charge in [-0.3, -0.25) is 9.59 Å². The third kappa shape index (κ3) is 4.08. The van der Waals surface area contributed by atoms with Crippen molar-refractivity contribution >= 4 is 16.7 Å². The van der Waals surface area contributed by atoms with Crippen LogP contribution in [0.4, 0.5) is 17.6 Å². The van der Waals surface area contributed by atoms with Crippen LogP contribution in [-0.4, -0.2) is 29.4 Å². The number of rotatable bonds is 3. The predicted octanol–water partition coefficient (Wildman–Crippen LogP) is 5.10. The van der Waals surface area contributed by atoms with Crippen molar-refractivity contribution in [2.45, 2.75) is 12.6 Å². The van der Waals surface area contributed by atoms with Crippen LogP contribution < -0.4 is 5.56 Å². The lowest BCUT2D eigenvalue weighted by molar-refractivity contribution is 0.0335. The van der Waals surface area contributed by atoms with E-state index in [-0.39, 0.29) is 24.0 Å². The minimum atomic E-state index is -1.14. The number of aromatic nitrogens is 1. The SMILES string of the molecule is CN(C(=O)c1ccc(-c2cc(F)cc(F)c2)cc1)[C@H]1COCc2[nH]c(=O)c3cc(F)c(F)cc3c21.